The second-order valence-electron chi connectivity index (χ2n) is 4.18. The fraction of sp³-hybridized carbons (Fsp3) is 0.700. The zero-order valence-corrected chi connectivity index (χ0v) is 17.1. The summed E-state index contributed by atoms with van der Waals surface area (Å²) in [6, 6.07) is -1.47. The summed E-state index contributed by atoms with van der Waals surface area (Å²) in [5.41, 5.74) is 5.11. The van der Waals surface area contributed by atoms with Gasteiger partial charge in [0.15, 0.2) is 0 Å². The molecule has 0 fully saturated rings. The number of hydrogen-bond acceptors (Lipinski definition) is 4. The quantitative estimate of drug-likeness (QED) is 0.508. The predicted molar refractivity (Wildman–Crippen MR) is 65.9 cm³/mol. The SMILES string of the molecule is CC(C)C(NC(=O)[S-])C(=O)N(C)C(C)C(N)=O.[Rb+]. The number of likely N-dealkylation sites (N-methyl/N-ethyl adjacent to an activating group) is 1. The molecule has 0 heterocycles. The Kier molecular flexibility index (Phi) is 10.8. The maximum Gasteiger partial charge on any atom is 1.00 e. The Morgan fingerprint density at radius 1 is 1.22 bits per heavy atom. The average molecular weight is 346 g/mol. The van der Waals surface area contributed by atoms with Crippen molar-refractivity contribution in [2.24, 2.45) is 11.7 Å². The molecule has 2 atom stereocenters. The van der Waals surface area contributed by atoms with E-state index >= 15 is 0 Å². The van der Waals surface area contributed by atoms with Crippen LogP contribution in [0.2, 0.25) is 0 Å². The Morgan fingerprint density at radius 3 is 1.94 bits per heavy atom. The smallest absolute Gasteiger partial charge is 0.719 e. The van der Waals surface area contributed by atoms with E-state index in [0.29, 0.717) is 0 Å². The molecule has 98 valence electrons. The van der Waals surface area contributed by atoms with Crippen molar-refractivity contribution in [1.29, 1.82) is 0 Å². The number of amides is 3. The average Bonchev–Trinajstić information content (AvgIpc) is 2.21. The summed E-state index contributed by atoms with van der Waals surface area (Å²) in [5.74, 6) is -1.12. The van der Waals surface area contributed by atoms with E-state index in [1.165, 1.54) is 18.9 Å². The van der Waals surface area contributed by atoms with E-state index < -0.39 is 23.2 Å². The third kappa shape index (κ3) is 6.56. The predicted octanol–water partition coefficient (Wildman–Crippen LogP) is -3.40. The topological polar surface area (TPSA) is 92.5 Å². The molecule has 6 nitrogen and oxygen atoms in total. The van der Waals surface area contributed by atoms with Crippen LogP contribution in [0.15, 0.2) is 0 Å². The molecule has 3 amide bonds. The molecule has 0 aliphatic heterocycles. The van der Waals surface area contributed by atoms with Crippen molar-refractivity contribution in [2.45, 2.75) is 32.9 Å². The Morgan fingerprint density at radius 2 is 1.67 bits per heavy atom. The Labute approximate surface area is 162 Å². The number of nitrogens with two attached hydrogens (primary N) is 1. The minimum Gasteiger partial charge on any atom is -0.719 e. The first-order valence-corrected chi connectivity index (χ1v) is 5.62. The largest absolute Gasteiger partial charge is 1.00 e. The van der Waals surface area contributed by atoms with Gasteiger partial charge in [-0.15, -0.1) is 0 Å². The van der Waals surface area contributed by atoms with Gasteiger partial charge in [-0.1, -0.05) is 13.8 Å². The summed E-state index contributed by atoms with van der Waals surface area (Å²) in [6.45, 7) is 5.07. The molecular weight excluding hydrogens is 328 g/mol. The molecule has 0 aromatic carbocycles. The molecule has 3 N–H and O–H groups in total. The molecule has 0 spiro atoms. The molecule has 0 bridgehead atoms. The first-order valence-electron chi connectivity index (χ1n) is 5.22. The number of rotatable bonds is 5. The Bertz CT molecular complexity index is 325. The van der Waals surface area contributed by atoms with Gasteiger partial charge in [0.1, 0.15) is 12.1 Å². The van der Waals surface area contributed by atoms with Gasteiger partial charge in [0, 0.05) is 7.05 Å². The monoisotopic (exact) mass is 345 g/mol. The Hall–Kier alpha value is 0.435. The van der Waals surface area contributed by atoms with E-state index in [1.54, 1.807) is 13.8 Å². The van der Waals surface area contributed by atoms with Crippen LogP contribution in [0.1, 0.15) is 20.8 Å². The van der Waals surface area contributed by atoms with Gasteiger partial charge in [-0.2, -0.15) is 0 Å². The van der Waals surface area contributed by atoms with Crippen molar-refractivity contribution in [3.8, 4) is 0 Å². The number of carbonyl (C=O) groups excluding carboxylic acids is 3. The van der Waals surface area contributed by atoms with Crippen molar-refractivity contribution >= 4 is 29.7 Å². The van der Waals surface area contributed by atoms with Crippen LogP contribution in [-0.2, 0) is 22.2 Å². The summed E-state index contributed by atoms with van der Waals surface area (Å²) < 4.78 is 0. The minimum atomic E-state index is -0.744. The molecule has 2 unspecified atom stereocenters. The molecule has 0 saturated heterocycles. The van der Waals surface area contributed by atoms with E-state index in [0.717, 1.165) is 0 Å². The fourth-order valence-electron chi connectivity index (χ4n) is 1.24. The van der Waals surface area contributed by atoms with Crippen LogP contribution in [-0.4, -0.2) is 41.1 Å². The van der Waals surface area contributed by atoms with E-state index in [-0.39, 0.29) is 70.0 Å². The van der Waals surface area contributed by atoms with E-state index in [9.17, 15) is 14.4 Å². The van der Waals surface area contributed by atoms with Gasteiger partial charge in [0.2, 0.25) is 11.8 Å². The molecule has 0 aromatic heterocycles. The van der Waals surface area contributed by atoms with Gasteiger partial charge in [-0.25, -0.2) is 0 Å². The van der Waals surface area contributed by atoms with Gasteiger partial charge in [-0.3, -0.25) is 9.59 Å². The van der Waals surface area contributed by atoms with Crippen LogP contribution in [0.5, 0.6) is 0 Å². The molecule has 0 aliphatic rings. The third-order valence-electron chi connectivity index (χ3n) is 2.55. The first kappa shape index (κ1) is 20.7. The zero-order valence-electron chi connectivity index (χ0n) is 11.4. The van der Waals surface area contributed by atoms with Gasteiger partial charge in [0.05, 0.1) is 5.24 Å². The normalized spacial score (nSPS) is 13.2. The molecule has 18 heavy (non-hydrogen) atoms. The van der Waals surface area contributed by atoms with Crippen LogP contribution < -0.4 is 69.2 Å². The first-order chi connectivity index (χ1) is 7.68. The van der Waals surface area contributed by atoms with Crippen molar-refractivity contribution < 1.29 is 72.6 Å². The summed E-state index contributed by atoms with van der Waals surface area (Å²) in [7, 11) is 1.46. The van der Waals surface area contributed by atoms with E-state index in [1.807, 2.05) is 0 Å². The van der Waals surface area contributed by atoms with Crippen molar-refractivity contribution in [3.05, 3.63) is 0 Å². The molecule has 0 radical (unpaired) electrons. The maximum absolute atomic E-state index is 12.0. The summed E-state index contributed by atoms with van der Waals surface area (Å²) in [6.07, 6.45) is 0. The number of nitrogens with zero attached hydrogens (tertiary/aromatic N) is 1. The number of primary amides is 1. The molecular formula is C10H18N3O3RbS. The second kappa shape index (κ2) is 9.36. The molecule has 0 rings (SSSR count). The summed E-state index contributed by atoms with van der Waals surface area (Å²) in [4.78, 5) is 35.0. The fourth-order valence-corrected chi connectivity index (χ4v) is 1.37. The minimum absolute atomic E-state index is 0. The summed E-state index contributed by atoms with van der Waals surface area (Å²) >= 11 is 4.39. The van der Waals surface area contributed by atoms with E-state index in [4.69, 9.17) is 5.73 Å². The van der Waals surface area contributed by atoms with Gasteiger partial charge in [-0.05, 0) is 12.8 Å². The summed E-state index contributed by atoms with van der Waals surface area (Å²) in [5, 5.41) is 1.69. The van der Waals surface area contributed by atoms with Crippen LogP contribution in [0.25, 0.3) is 0 Å². The standard InChI is InChI=1S/C10H19N3O3S.Rb/c1-5(2)7(12-10(16)17)9(15)13(4)6(3)8(11)14;/h5-7H,1-4H3,(H2,11,14)(H2,12,16,17);/q;+1/p-1. The van der Waals surface area contributed by atoms with Crippen molar-refractivity contribution in [2.75, 3.05) is 7.05 Å². The van der Waals surface area contributed by atoms with Crippen molar-refractivity contribution in [3.63, 3.8) is 0 Å². The zero-order chi connectivity index (χ0) is 13.7. The second-order valence-corrected chi connectivity index (χ2v) is 4.55. The Balaban J connectivity index is 0. The maximum atomic E-state index is 12.0. The van der Waals surface area contributed by atoms with Gasteiger partial charge >= 0.3 is 58.2 Å². The van der Waals surface area contributed by atoms with Crippen LogP contribution in [0.3, 0.4) is 0 Å². The molecule has 0 saturated carbocycles. The molecule has 0 aliphatic carbocycles. The molecule has 8 heteroatoms. The van der Waals surface area contributed by atoms with Crippen LogP contribution in [0, 0.1) is 5.92 Å². The molecule has 0 aromatic rings. The van der Waals surface area contributed by atoms with Gasteiger partial charge < -0.3 is 33.4 Å². The van der Waals surface area contributed by atoms with Gasteiger partial charge in [0.25, 0.3) is 0 Å². The van der Waals surface area contributed by atoms with Crippen molar-refractivity contribution in [1.82, 2.24) is 10.2 Å². The van der Waals surface area contributed by atoms with E-state index in [2.05, 4.69) is 17.9 Å². The number of nitrogens with one attached hydrogen (secondary N) is 1. The number of carbonyl (C=O) groups is 3. The van der Waals surface area contributed by atoms with Crippen LogP contribution >= 0.6 is 0 Å². The third-order valence-corrected chi connectivity index (χ3v) is 2.66. The number of hydrogen-bond donors (Lipinski definition) is 2. The van der Waals surface area contributed by atoms with Crippen LogP contribution in [0.4, 0.5) is 4.79 Å².